The third-order valence-corrected chi connectivity index (χ3v) is 4.14. The Morgan fingerprint density at radius 3 is 2.29 bits per heavy atom. The van der Waals surface area contributed by atoms with Gasteiger partial charge in [0.1, 0.15) is 11.5 Å². The van der Waals surface area contributed by atoms with Gasteiger partial charge in [-0.3, -0.25) is 4.79 Å². The number of anilines is 2. The summed E-state index contributed by atoms with van der Waals surface area (Å²) in [6, 6.07) is 15.2. The van der Waals surface area contributed by atoms with Crippen molar-refractivity contribution in [3.8, 4) is 11.5 Å². The van der Waals surface area contributed by atoms with E-state index >= 15 is 0 Å². The van der Waals surface area contributed by atoms with Crippen LogP contribution in [0.25, 0.3) is 0 Å². The third-order valence-electron chi connectivity index (χ3n) is 4.14. The first-order valence-electron chi connectivity index (χ1n) is 10.1. The number of hydrogen-bond donors (Lipinski definition) is 2. The van der Waals surface area contributed by atoms with E-state index in [0.717, 1.165) is 42.1 Å². The Hall–Kier alpha value is -2.69. The lowest BCUT2D eigenvalue weighted by Crippen LogP contribution is -2.21. The molecule has 5 heteroatoms. The summed E-state index contributed by atoms with van der Waals surface area (Å²) < 4.78 is 11.4. The molecule has 2 aromatic carbocycles. The third kappa shape index (κ3) is 8.33. The van der Waals surface area contributed by atoms with E-state index in [2.05, 4.69) is 31.4 Å². The molecule has 0 bridgehead atoms. The molecule has 0 radical (unpaired) electrons. The van der Waals surface area contributed by atoms with Crippen molar-refractivity contribution >= 4 is 17.3 Å². The minimum Gasteiger partial charge on any atom is -0.494 e. The molecule has 152 valence electrons. The first kappa shape index (κ1) is 21.6. The van der Waals surface area contributed by atoms with Crippen molar-refractivity contribution in [2.24, 2.45) is 5.92 Å². The van der Waals surface area contributed by atoms with E-state index in [9.17, 15) is 4.79 Å². The molecule has 0 heterocycles. The predicted octanol–water partition coefficient (Wildman–Crippen LogP) is 5.34. The number of benzene rings is 2. The van der Waals surface area contributed by atoms with Gasteiger partial charge in [-0.1, -0.05) is 39.3 Å². The topological polar surface area (TPSA) is 59.6 Å². The molecule has 0 aliphatic heterocycles. The van der Waals surface area contributed by atoms with Gasteiger partial charge in [-0.05, 0) is 43.0 Å². The van der Waals surface area contributed by atoms with Crippen molar-refractivity contribution in [2.45, 2.75) is 40.0 Å². The minimum absolute atomic E-state index is 0.114. The summed E-state index contributed by atoms with van der Waals surface area (Å²) in [4.78, 5) is 12.3. The van der Waals surface area contributed by atoms with Gasteiger partial charge < -0.3 is 20.1 Å². The van der Waals surface area contributed by atoms with Crippen LogP contribution in [0.15, 0.2) is 48.5 Å². The SMILES string of the molecule is CCCCOc1cccc(NCC(=O)Nc2cccc(OCCC(C)C)c2)c1. The molecule has 2 aromatic rings. The minimum atomic E-state index is -0.114. The van der Waals surface area contributed by atoms with Gasteiger partial charge in [0.25, 0.3) is 0 Å². The molecule has 0 aromatic heterocycles. The molecule has 0 aliphatic carbocycles. The molecule has 2 N–H and O–H groups in total. The number of hydrogen-bond acceptors (Lipinski definition) is 4. The maximum Gasteiger partial charge on any atom is 0.243 e. The van der Waals surface area contributed by atoms with E-state index in [-0.39, 0.29) is 12.5 Å². The Balaban J connectivity index is 1.80. The van der Waals surface area contributed by atoms with Crippen molar-refractivity contribution in [1.82, 2.24) is 0 Å². The van der Waals surface area contributed by atoms with Crippen LogP contribution in [-0.2, 0) is 4.79 Å². The zero-order valence-electron chi connectivity index (χ0n) is 17.2. The maximum absolute atomic E-state index is 12.3. The molecule has 1 amide bonds. The van der Waals surface area contributed by atoms with Crippen LogP contribution in [0.1, 0.15) is 40.0 Å². The van der Waals surface area contributed by atoms with Crippen molar-refractivity contribution in [2.75, 3.05) is 30.4 Å². The lowest BCUT2D eigenvalue weighted by Gasteiger charge is -2.12. The highest BCUT2D eigenvalue weighted by Gasteiger charge is 2.05. The van der Waals surface area contributed by atoms with Crippen LogP contribution in [0.4, 0.5) is 11.4 Å². The van der Waals surface area contributed by atoms with Gasteiger partial charge in [0.15, 0.2) is 0 Å². The molecular formula is C23H32N2O3. The molecular weight excluding hydrogens is 352 g/mol. The smallest absolute Gasteiger partial charge is 0.243 e. The first-order chi connectivity index (χ1) is 13.6. The van der Waals surface area contributed by atoms with Crippen LogP contribution in [0.5, 0.6) is 11.5 Å². The van der Waals surface area contributed by atoms with Crippen LogP contribution in [0.3, 0.4) is 0 Å². The van der Waals surface area contributed by atoms with E-state index in [4.69, 9.17) is 9.47 Å². The standard InChI is InChI=1S/C23H32N2O3/c1-4-5-13-27-21-10-6-8-19(15-21)24-17-23(26)25-20-9-7-11-22(16-20)28-14-12-18(2)3/h6-11,15-16,18,24H,4-5,12-14,17H2,1-3H3,(H,25,26). The van der Waals surface area contributed by atoms with Crippen LogP contribution >= 0.6 is 0 Å². The molecule has 0 saturated heterocycles. The number of carbonyl (C=O) groups is 1. The van der Waals surface area contributed by atoms with Crippen LogP contribution < -0.4 is 20.1 Å². The van der Waals surface area contributed by atoms with Gasteiger partial charge in [0, 0.05) is 23.5 Å². The van der Waals surface area contributed by atoms with Gasteiger partial charge in [0.2, 0.25) is 5.91 Å². The van der Waals surface area contributed by atoms with Crippen LogP contribution in [0.2, 0.25) is 0 Å². The molecule has 2 rings (SSSR count). The summed E-state index contributed by atoms with van der Waals surface area (Å²) in [6.07, 6.45) is 3.13. The summed E-state index contributed by atoms with van der Waals surface area (Å²) in [5.41, 5.74) is 1.58. The first-order valence-corrected chi connectivity index (χ1v) is 10.1. The molecule has 0 spiro atoms. The summed E-state index contributed by atoms with van der Waals surface area (Å²) >= 11 is 0. The van der Waals surface area contributed by atoms with Crippen LogP contribution in [-0.4, -0.2) is 25.7 Å². The van der Waals surface area contributed by atoms with E-state index in [1.807, 2.05) is 48.5 Å². The van der Waals surface area contributed by atoms with Crippen molar-refractivity contribution in [1.29, 1.82) is 0 Å². The van der Waals surface area contributed by atoms with E-state index in [0.29, 0.717) is 19.1 Å². The van der Waals surface area contributed by atoms with E-state index in [1.54, 1.807) is 0 Å². The zero-order valence-corrected chi connectivity index (χ0v) is 17.2. The molecule has 5 nitrogen and oxygen atoms in total. The Labute approximate surface area is 168 Å². The van der Waals surface area contributed by atoms with Crippen molar-refractivity contribution in [3.63, 3.8) is 0 Å². The summed E-state index contributed by atoms with van der Waals surface area (Å²) in [6.45, 7) is 8.02. The largest absolute Gasteiger partial charge is 0.494 e. The van der Waals surface area contributed by atoms with E-state index < -0.39 is 0 Å². The second-order valence-electron chi connectivity index (χ2n) is 7.19. The highest BCUT2D eigenvalue weighted by Crippen LogP contribution is 2.19. The normalized spacial score (nSPS) is 10.6. The zero-order chi connectivity index (χ0) is 20.2. The highest BCUT2D eigenvalue weighted by molar-refractivity contribution is 5.93. The number of nitrogens with one attached hydrogen (secondary N) is 2. The summed E-state index contributed by atoms with van der Waals surface area (Å²) in [5.74, 6) is 2.06. The number of unbranched alkanes of at least 4 members (excludes halogenated alkanes) is 1. The average molecular weight is 385 g/mol. The van der Waals surface area contributed by atoms with Gasteiger partial charge in [-0.2, -0.15) is 0 Å². The fraction of sp³-hybridized carbons (Fsp3) is 0.435. The lowest BCUT2D eigenvalue weighted by molar-refractivity contribution is -0.114. The predicted molar refractivity (Wildman–Crippen MR) is 115 cm³/mol. The maximum atomic E-state index is 12.3. The molecule has 0 saturated carbocycles. The van der Waals surface area contributed by atoms with Crippen molar-refractivity contribution in [3.05, 3.63) is 48.5 Å². The second kappa shape index (κ2) is 11.9. The van der Waals surface area contributed by atoms with Gasteiger partial charge in [-0.15, -0.1) is 0 Å². The molecule has 28 heavy (non-hydrogen) atoms. The summed E-state index contributed by atoms with van der Waals surface area (Å²) in [7, 11) is 0. The number of rotatable bonds is 12. The Bertz CT molecular complexity index is 731. The fourth-order valence-corrected chi connectivity index (χ4v) is 2.49. The van der Waals surface area contributed by atoms with Gasteiger partial charge in [-0.25, -0.2) is 0 Å². The molecule has 0 unspecified atom stereocenters. The molecule has 0 aliphatic rings. The summed E-state index contributed by atoms with van der Waals surface area (Å²) in [5, 5.41) is 6.03. The molecule has 0 atom stereocenters. The lowest BCUT2D eigenvalue weighted by atomic mass is 10.1. The van der Waals surface area contributed by atoms with Gasteiger partial charge in [0.05, 0.1) is 19.8 Å². The van der Waals surface area contributed by atoms with Gasteiger partial charge >= 0.3 is 0 Å². The van der Waals surface area contributed by atoms with Crippen molar-refractivity contribution < 1.29 is 14.3 Å². The monoisotopic (exact) mass is 384 g/mol. The highest BCUT2D eigenvalue weighted by atomic mass is 16.5. The second-order valence-corrected chi connectivity index (χ2v) is 7.19. The molecule has 0 fully saturated rings. The Morgan fingerprint density at radius 2 is 1.61 bits per heavy atom. The fourth-order valence-electron chi connectivity index (χ4n) is 2.49. The number of carbonyl (C=O) groups excluding carboxylic acids is 1. The quantitative estimate of drug-likeness (QED) is 0.485. The Morgan fingerprint density at radius 1 is 0.964 bits per heavy atom. The van der Waals surface area contributed by atoms with E-state index in [1.165, 1.54) is 0 Å². The average Bonchev–Trinajstić information content (AvgIpc) is 2.67. The number of amides is 1. The Kier molecular flexibility index (Phi) is 9.19. The van der Waals surface area contributed by atoms with Crippen LogP contribution in [0, 0.1) is 5.92 Å². The number of ether oxygens (including phenoxy) is 2.